The van der Waals surface area contributed by atoms with Gasteiger partial charge in [-0.15, -0.1) is 0 Å². The van der Waals surface area contributed by atoms with Crippen molar-refractivity contribution in [3.8, 4) is 0 Å². The van der Waals surface area contributed by atoms with E-state index in [1.54, 1.807) is 48.8 Å². The normalized spacial score (nSPS) is 10.9. The molecule has 0 spiro atoms. The van der Waals surface area contributed by atoms with Gasteiger partial charge in [0.1, 0.15) is 6.54 Å². The smallest absolute Gasteiger partial charge is 0.323 e. The first-order valence-corrected chi connectivity index (χ1v) is 9.92. The van der Waals surface area contributed by atoms with Crippen LogP contribution in [0.15, 0.2) is 70.6 Å². The van der Waals surface area contributed by atoms with Gasteiger partial charge in [-0.3, -0.25) is 23.7 Å². The summed E-state index contributed by atoms with van der Waals surface area (Å²) in [4.78, 5) is 46.8. The number of hydrogen-bond donors (Lipinski definition) is 1. The zero-order chi connectivity index (χ0) is 22.0. The Kier molecular flexibility index (Phi) is 5.83. The van der Waals surface area contributed by atoms with Crippen LogP contribution < -0.4 is 16.6 Å². The third kappa shape index (κ3) is 4.35. The summed E-state index contributed by atoms with van der Waals surface area (Å²) in [6, 6.07) is 11.2. The first kappa shape index (κ1) is 20.8. The number of fused-ring (bicyclic) bond motifs is 1. The summed E-state index contributed by atoms with van der Waals surface area (Å²) in [7, 11) is 0. The molecule has 10 heteroatoms. The van der Waals surface area contributed by atoms with Gasteiger partial charge >= 0.3 is 5.69 Å². The molecule has 1 amide bonds. The van der Waals surface area contributed by atoms with E-state index in [2.05, 4.69) is 15.3 Å². The van der Waals surface area contributed by atoms with Gasteiger partial charge < -0.3 is 5.32 Å². The lowest BCUT2D eigenvalue weighted by molar-refractivity contribution is -0.116. The molecule has 0 fully saturated rings. The van der Waals surface area contributed by atoms with Gasteiger partial charge in [0.25, 0.3) is 5.56 Å². The van der Waals surface area contributed by atoms with E-state index in [4.69, 9.17) is 23.2 Å². The van der Waals surface area contributed by atoms with E-state index < -0.39 is 17.2 Å². The third-order valence-corrected chi connectivity index (χ3v) is 5.13. The topological polar surface area (TPSA) is 98.9 Å². The number of rotatable bonds is 5. The molecule has 1 N–H and O–H groups in total. The van der Waals surface area contributed by atoms with Gasteiger partial charge in [-0.05, 0) is 48.0 Å². The molecule has 0 radical (unpaired) electrons. The van der Waals surface area contributed by atoms with Gasteiger partial charge in [0, 0.05) is 23.6 Å². The van der Waals surface area contributed by atoms with Gasteiger partial charge in [0.05, 0.1) is 22.8 Å². The van der Waals surface area contributed by atoms with Crippen molar-refractivity contribution in [3.05, 3.63) is 97.5 Å². The van der Waals surface area contributed by atoms with Gasteiger partial charge in [-0.2, -0.15) is 0 Å². The third-order valence-electron chi connectivity index (χ3n) is 4.58. The Balaban J connectivity index is 1.75. The van der Waals surface area contributed by atoms with Crippen LogP contribution in [-0.4, -0.2) is 25.0 Å². The Morgan fingerprint density at radius 3 is 2.52 bits per heavy atom. The highest BCUT2D eigenvalue weighted by Gasteiger charge is 2.17. The molecule has 0 bridgehead atoms. The molecule has 3 heterocycles. The SMILES string of the molecule is O=C(Cn1c(=O)n(Cc2ccncc2)c(=O)c2ncccc21)Nc1ccc(Cl)cc1Cl. The average molecular weight is 456 g/mol. The van der Waals surface area contributed by atoms with Gasteiger partial charge in [-0.1, -0.05) is 23.2 Å². The number of carbonyl (C=O) groups excluding carboxylic acids is 1. The van der Waals surface area contributed by atoms with Crippen LogP contribution >= 0.6 is 23.2 Å². The summed E-state index contributed by atoms with van der Waals surface area (Å²) in [6.07, 6.45) is 4.60. The minimum absolute atomic E-state index is 0.0251. The van der Waals surface area contributed by atoms with Crippen molar-refractivity contribution in [3.63, 3.8) is 0 Å². The van der Waals surface area contributed by atoms with E-state index in [-0.39, 0.29) is 29.1 Å². The monoisotopic (exact) mass is 455 g/mol. The van der Waals surface area contributed by atoms with Crippen molar-refractivity contribution in [2.75, 3.05) is 5.32 Å². The predicted octanol–water partition coefficient (Wildman–Crippen LogP) is 2.95. The van der Waals surface area contributed by atoms with Crippen molar-refractivity contribution < 1.29 is 4.79 Å². The van der Waals surface area contributed by atoms with Crippen LogP contribution in [0.4, 0.5) is 5.69 Å². The first-order valence-electron chi connectivity index (χ1n) is 9.16. The fourth-order valence-electron chi connectivity index (χ4n) is 3.13. The molecule has 0 aliphatic rings. The maximum absolute atomic E-state index is 13.2. The average Bonchev–Trinajstić information content (AvgIpc) is 2.77. The molecule has 156 valence electrons. The fourth-order valence-corrected chi connectivity index (χ4v) is 3.59. The molecular formula is C21H15Cl2N5O3. The van der Waals surface area contributed by atoms with E-state index >= 15 is 0 Å². The molecule has 0 aliphatic carbocycles. The Morgan fingerprint density at radius 2 is 1.77 bits per heavy atom. The van der Waals surface area contributed by atoms with E-state index in [9.17, 15) is 14.4 Å². The van der Waals surface area contributed by atoms with E-state index in [1.165, 1.54) is 16.8 Å². The Morgan fingerprint density at radius 1 is 1.00 bits per heavy atom. The van der Waals surface area contributed by atoms with Crippen molar-refractivity contribution >= 4 is 45.8 Å². The molecule has 8 nitrogen and oxygen atoms in total. The lowest BCUT2D eigenvalue weighted by Crippen LogP contribution is -2.42. The van der Waals surface area contributed by atoms with Gasteiger partial charge in [-0.25, -0.2) is 9.78 Å². The lowest BCUT2D eigenvalue weighted by atomic mass is 10.2. The summed E-state index contributed by atoms with van der Waals surface area (Å²) in [5.74, 6) is -0.495. The zero-order valence-electron chi connectivity index (χ0n) is 16.0. The second-order valence-corrected chi connectivity index (χ2v) is 7.50. The number of aromatic nitrogens is 4. The molecule has 0 aliphatic heterocycles. The summed E-state index contributed by atoms with van der Waals surface area (Å²) in [5, 5.41) is 3.35. The van der Waals surface area contributed by atoms with Crippen molar-refractivity contribution in [1.29, 1.82) is 0 Å². The highest BCUT2D eigenvalue weighted by atomic mass is 35.5. The Hall–Kier alpha value is -3.49. The highest BCUT2D eigenvalue weighted by molar-refractivity contribution is 6.36. The molecule has 0 atom stereocenters. The number of pyridine rings is 2. The first-order chi connectivity index (χ1) is 14.9. The molecule has 0 saturated heterocycles. The Labute approximate surface area is 185 Å². The van der Waals surface area contributed by atoms with Crippen LogP contribution in [0.2, 0.25) is 10.0 Å². The lowest BCUT2D eigenvalue weighted by Gasteiger charge is -2.14. The van der Waals surface area contributed by atoms with Crippen LogP contribution in [0.5, 0.6) is 0 Å². The van der Waals surface area contributed by atoms with Gasteiger partial charge in [0.2, 0.25) is 5.91 Å². The second kappa shape index (κ2) is 8.71. The minimum atomic E-state index is -0.625. The molecule has 4 aromatic rings. The summed E-state index contributed by atoms with van der Waals surface area (Å²) >= 11 is 12.0. The summed E-state index contributed by atoms with van der Waals surface area (Å²) in [5.41, 5.74) is 0.272. The maximum Gasteiger partial charge on any atom is 0.332 e. The van der Waals surface area contributed by atoms with Gasteiger partial charge in [0.15, 0.2) is 5.52 Å². The highest BCUT2D eigenvalue weighted by Crippen LogP contribution is 2.25. The van der Waals surface area contributed by atoms with Crippen LogP contribution in [0.25, 0.3) is 11.0 Å². The molecule has 3 aromatic heterocycles. The number of benzene rings is 1. The van der Waals surface area contributed by atoms with Crippen molar-refractivity contribution in [1.82, 2.24) is 19.1 Å². The maximum atomic E-state index is 13.2. The van der Waals surface area contributed by atoms with E-state index in [0.29, 0.717) is 16.3 Å². The number of anilines is 1. The number of nitrogens with one attached hydrogen (secondary N) is 1. The number of hydrogen-bond acceptors (Lipinski definition) is 5. The number of halogens is 2. The second-order valence-electron chi connectivity index (χ2n) is 6.66. The quantitative estimate of drug-likeness (QED) is 0.498. The largest absolute Gasteiger partial charge is 0.332 e. The molecular weight excluding hydrogens is 441 g/mol. The number of nitrogens with zero attached hydrogens (tertiary/aromatic N) is 4. The number of carbonyl (C=O) groups is 1. The molecule has 4 rings (SSSR count). The minimum Gasteiger partial charge on any atom is -0.323 e. The molecule has 0 saturated carbocycles. The molecule has 0 unspecified atom stereocenters. The van der Waals surface area contributed by atoms with Crippen molar-refractivity contribution in [2.45, 2.75) is 13.1 Å². The molecule has 1 aromatic carbocycles. The van der Waals surface area contributed by atoms with Crippen LogP contribution in [0.1, 0.15) is 5.56 Å². The van der Waals surface area contributed by atoms with Crippen LogP contribution in [-0.2, 0) is 17.9 Å². The van der Waals surface area contributed by atoms with Crippen LogP contribution in [0.3, 0.4) is 0 Å². The fraction of sp³-hybridized carbons (Fsp3) is 0.0952. The predicted molar refractivity (Wildman–Crippen MR) is 119 cm³/mol. The Bertz CT molecular complexity index is 1400. The zero-order valence-corrected chi connectivity index (χ0v) is 17.5. The van der Waals surface area contributed by atoms with E-state index in [1.807, 2.05) is 0 Å². The van der Waals surface area contributed by atoms with Crippen molar-refractivity contribution in [2.24, 2.45) is 0 Å². The van der Waals surface area contributed by atoms with E-state index in [0.717, 1.165) is 4.57 Å². The summed E-state index contributed by atoms with van der Waals surface area (Å²) < 4.78 is 2.26. The standard InChI is InChI=1S/C21H15Cl2N5O3/c22-14-3-4-16(15(23)10-14)26-18(29)12-27-17-2-1-7-25-19(17)20(30)28(21(27)31)11-13-5-8-24-9-6-13/h1-10H,11-12H2,(H,26,29). The molecule has 31 heavy (non-hydrogen) atoms. The van der Waals surface area contributed by atoms with Crippen LogP contribution in [0, 0.1) is 0 Å². The summed E-state index contributed by atoms with van der Waals surface area (Å²) in [6.45, 7) is -0.312. The number of amides is 1.